The van der Waals surface area contributed by atoms with Gasteiger partial charge in [-0.3, -0.25) is 0 Å². The van der Waals surface area contributed by atoms with Crippen LogP contribution in [0.2, 0.25) is 0 Å². The van der Waals surface area contributed by atoms with E-state index in [0.29, 0.717) is 24.2 Å². The molecule has 0 spiro atoms. The summed E-state index contributed by atoms with van der Waals surface area (Å²) in [5.41, 5.74) is 1.01. The fraction of sp³-hybridized carbons (Fsp3) is 0.458. The van der Waals surface area contributed by atoms with Crippen LogP contribution in [0.5, 0.6) is 28.7 Å². The highest BCUT2D eigenvalue weighted by molar-refractivity contribution is 5.98. The lowest BCUT2D eigenvalue weighted by Gasteiger charge is -2.22. The van der Waals surface area contributed by atoms with Crippen molar-refractivity contribution in [2.75, 3.05) is 7.11 Å². The number of cyclic esters (lactones) is 1. The third-order valence-corrected chi connectivity index (χ3v) is 5.46. The van der Waals surface area contributed by atoms with E-state index in [1.165, 1.54) is 19.2 Å². The molecule has 7 heteroatoms. The highest BCUT2D eigenvalue weighted by atomic mass is 16.7. The number of phenolic OH excluding ortho intramolecular Hbond substituents is 2. The predicted octanol–water partition coefficient (Wildman–Crippen LogP) is 5.14. The highest BCUT2D eigenvalue weighted by Gasteiger charge is 2.46. The van der Waals surface area contributed by atoms with Gasteiger partial charge in [0.15, 0.2) is 11.5 Å². The summed E-state index contributed by atoms with van der Waals surface area (Å²) in [7, 11) is 1.47. The maximum atomic E-state index is 12.7. The normalized spacial score (nSPS) is 17.4. The minimum Gasteiger partial charge on any atom is -0.508 e. The maximum Gasteiger partial charge on any atom is 0.345 e. The second-order valence-corrected chi connectivity index (χ2v) is 7.84. The first kappa shape index (κ1) is 22.7. The predicted molar refractivity (Wildman–Crippen MR) is 115 cm³/mol. The smallest absolute Gasteiger partial charge is 0.345 e. The van der Waals surface area contributed by atoms with Gasteiger partial charge in [-0.05, 0) is 31.4 Å². The second kappa shape index (κ2) is 9.47. The Labute approximate surface area is 182 Å². The molecular weight excluding hydrogens is 400 g/mol. The van der Waals surface area contributed by atoms with Gasteiger partial charge in [0.1, 0.15) is 22.8 Å². The third kappa shape index (κ3) is 4.71. The molecule has 0 fully saturated rings. The largest absolute Gasteiger partial charge is 0.508 e. The summed E-state index contributed by atoms with van der Waals surface area (Å²) in [6.07, 6.45) is 5.18. The van der Waals surface area contributed by atoms with E-state index in [9.17, 15) is 20.1 Å². The SMILES string of the molecule is CCCCCc1cc(O)cc(O)c1Oc1cc(OC)cc2c1C(=O)O[C@]2(O)CCCC. The Bertz CT molecular complexity index is 953. The number of aromatic hydroxyl groups is 2. The van der Waals surface area contributed by atoms with Gasteiger partial charge >= 0.3 is 5.97 Å². The average Bonchev–Trinajstić information content (AvgIpc) is 2.99. The molecule has 0 aromatic heterocycles. The Balaban J connectivity index is 2.07. The summed E-state index contributed by atoms with van der Waals surface area (Å²) in [5, 5.41) is 31.4. The highest BCUT2D eigenvalue weighted by Crippen LogP contribution is 2.47. The van der Waals surface area contributed by atoms with Gasteiger partial charge in [0.05, 0.1) is 7.11 Å². The molecule has 0 amide bonds. The summed E-state index contributed by atoms with van der Waals surface area (Å²) < 4.78 is 16.7. The van der Waals surface area contributed by atoms with E-state index in [-0.39, 0.29) is 40.5 Å². The van der Waals surface area contributed by atoms with Crippen molar-refractivity contribution in [1.82, 2.24) is 0 Å². The molecule has 0 saturated carbocycles. The van der Waals surface area contributed by atoms with Gasteiger partial charge < -0.3 is 29.5 Å². The minimum absolute atomic E-state index is 0.0689. The standard InChI is InChI=1S/C24H30O7/c1-4-6-8-9-15-11-16(25)12-19(26)22(15)30-20-14-17(29-3)13-18-21(20)23(27)31-24(18,28)10-7-5-2/h11-14,25-26,28H,4-10H2,1-3H3/t24-/m1/s1. The Morgan fingerprint density at radius 3 is 2.45 bits per heavy atom. The fourth-order valence-corrected chi connectivity index (χ4v) is 3.80. The number of hydrogen-bond donors (Lipinski definition) is 3. The van der Waals surface area contributed by atoms with E-state index in [1.807, 2.05) is 6.92 Å². The van der Waals surface area contributed by atoms with E-state index in [2.05, 4.69) is 6.92 Å². The van der Waals surface area contributed by atoms with Crippen molar-refractivity contribution in [3.05, 3.63) is 41.0 Å². The van der Waals surface area contributed by atoms with Crippen LogP contribution >= 0.6 is 0 Å². The number of benzene rings is 2. The molecule has 0 saturated heterocycles. The van der Waals surface area contributed by atoms with Gasteiger partial charge in [-0.15, -0.1) is 0 Å². The van der Waals surface area contributed by atoms with Crippen LogP contribution in [0.25, 0.3) is 0 Å². The molecule has 1 heterocycles. The molecule has 7 nitrogen and oxygen atoms in total. The number of fused-ring (bicyclic) bond motifs is 1. The lowest BCUT2D eigenvalue weighted by atomic mass is 9.96. The molecule has 0 bridgehead atoms. The van der Waals surface area contributed by atoms with Crippen molar-refractivity contribution >= 4 is 5.97 Å². The van der Waals surface area contributed by atoms with Gasteiger partial charge in [0.2, 0.25) is 5.79 Å². The number of aryl methyl sites for hydroxylation is 1. The lowest BCUT2D eigenvalue weighted by molar-refractivity contribution is -0.168. The van der Waals surface area contributed by atoms with Crippen molar-refractivity contribution < 1.29 is 34.3 Å². The molecule has 0 unspecified atom stereocenters. The molecule has 0 radical (unpaired) electrons. The molecule has 1 aliphatic rings. The molecule has 1 aliphatic heterocycles. The lowest BCUT2D eigenvalue weighted by Crippen LogP contribution is -2.25. The number of esters is 1. The number of unbranched alkanes of at least 4 members (excludes halogenated alkanes) is 3. The van der Waals surface area contributed by atoms with Crippen LogP contribution in [0.3, 0.4) is 0 Å². The van der Waals surface area contributed by atoms with Gasteiger partial charge in [-0.25, -0.2) is 4.79 Å². The number of rotatable bonds is 10. The van der Waals surface area contributed by atoms with Crippen LogP contribution < -0.4 is 9.47 Å². The van der Waals surface area contributed by atoms with Gasteiger partial charge in [-0.1, -0.05) is 33.1 Å². The summed E-state index contributed by atoms with van der Waals surface area (Å²) >= 11 is 0. The number of carbonyl (C=O) groups is 1. The zero-order valence-electron chi connectivity index (χ0n) is 18.2. The zero-order valence-corrected chi connectivity index (χ0v) is 18.2. The fourth-order valence-electron chi connectivity index (χ4n) is 3.80. The van der Waals surface area contributed by atoms with Crippen LogP contribution in [-0.2, 0) is 16.9 Å². The van der Waals surface area contributed by atoms with E-state index >= 15 is 0 Å². The Morgan fingerprint density at radius 1 is 1.03 bits per heavy atom. The number of hydrogen-bond acceptors (Lipinski definition) is 7. The Morgan fingerprint density at radius 2 is 1.77 bits per heavy atom. The zero-order chi connectivity index (χ0) is 22.6. The minimum atomic E-state index is -1.75. The van der Waals surface area contributed by atoms with Gasteiger partial charge in [0.25, 0.3) is 0 Å². The second-order valence-electron chi connectivity index (χ2n) is 7.84. The molecule has 2 aromatic carbocycles. The van der Waals surface area contributed by atoms with E-state index in [0.717, 1.165) is 25.7 Å². The van der Waals surface area contributed by atoms with Crippen molar-refractivity contribution in [1.29, 1.82) is 0 Å². The summed E-state index contributed by atoms with van der Waals surface area (Å²) in [6.45, 7) is 4.07. The Kier molecular flexibility index (Phi) is 6.95. The number of methoxy groups -OCH3 is 1. The first-order chi connectivity index (χ1) is 14.8. The van der Waals surface area contributed by atoms with Crippen LogP contribution in [0, 0.1) is 0 Å². The molecular formula is C24H30O7. The topological polar surface area (TPSA) is 105 Å². The summed E-state index contributed by atoms with van der Waals surface area (Å²) in [4.78, 5) is 12.7. The van der Waals surface area contributed by atoms with Crippen LogP contribution in [-0.4, -0.2) is 28.4 Å². The van der Waals surface area contributed by atoms with Crippen LogP contribution in [0.4, 0.5) is 0 Å². The molecule has 3 N–H and O–H groups in total. The van der Waals surface area contributed by atoms with Gasteiger partial charge in [-0.2, -0.15) is 0 Å². The van der Waals surface area contributed by atoms with Gasteiger partial charge in [0, 0.05) is 29.7 Å². The molecule has 2 aromatic rings. The number of carbonyl (C=O) groups excluding carboxylic acids is 1. The Hall–Kier alpha value is -2.93. The molecule has 1 atom stereocenters. The molecule has 168 valence electrons. The van der Waals surface area contributed by atoms with Crippen molar-refractivity contribution in [3.63, 3.8) is 0 Å². The van der Waals surface area contributed by atoms with E-state index in [4.69, 9.17) is 14.2 Å². The average molecular weight is 430 g/mol. The summed E-state index contributed by atoms with van der Waals surface area (Å²) in [5.74, 6) is -2.11. The molecule has 0 aliphatic carbocycles. The van der Waals surface area contributed by atoms with Crippen molar-refractivity contribution in [3.8, 4) is 28.7 Å². The monoisotopic (exact) mass is 430 g/mol. The quantitative estimate of drug-likeness (QED) is 0.354. The molecule has 3 rings (SSSR count). The first-order valence-electron chi connectivity index (χ1n) is 10.7. The van der Waals surface area contributed by atoms with Crippen molar-refractivity contribution in [2.45, 2.75) is 64.6 Å². The third-order valence-electron chi connectivity index (χ3n) is 5.46. The maximum absolute atomic E-state index is 12.7. The van der Waals surface area contributed by atoms with E-state index < -0.39 is 11.8 Å². The van der Waals surface area contributed by atoms with E-state index in [1.54, 1.807) is 12.1 Å². The van der Waals surface area contributed by atoms with Crippen LogP contribution in [0.1, 0.15) is 73.9 Å². The first-order valence-corrected chi connectivity index (χ1v) is 10.7. The number of ether oxygens (including phenoxy) is 3. The summed E-state index contributed by atoms with van der Waals surface area (Å²) in [6, 6.07) is 5.82. The van der Waals surface area contributed by atoms with Crippen LogP contribution in [0.15, 0.2) is 24.3 Å². The van der Waals surface area contributed by atoms with Crippen molar-refractivity contribution in [2.24, 2.45) is 0 Å². The molecule has 31 heavy (non-hydrogen) atoms. The number of aliphatic hydroxyl groups is 1. The number of phenols is 2.